The van der Waals surface area contributed by atoms with Gasteiger partial charge in [0.05, 0.1) is 19.0 Å². The van der Waals surface area contributed by atoms with Crippen LogP contribution < -0.4 is 10.7 Å². The van der Waals surface area contributed by atoms with Crippen LogP contribution in [0.5, 0.6) is 0 Å². The van der Waals surface area contributed by atoms with Gasteiger partial charge >= 0.3 is 0 Å². The summed E-state index contributed by atoms with van der Waals surface area (Å²) >= 11 is 0. The van der Waals surface area contributed by atoms with Gasteiger partial charge in [-0.05, 0) is 25.1 Å². The van der Waals surface area contributed by atoms with Crippen LogP contribution in [-0.2, 0) is 4.79 Å². The maximum Gasteiger partial charge on any atom is 0.287 e. The number of aromatic amines is 1. The third kappa shape index (κ3) is 3.35. The van der Waals surface area contributed by atoms with E-state index >= 15 is 0 Å². The lowest BCUT2D eigenvalue weighted by atomic mass is 10.1. The minimum atomic E-state index is -0.452. The summed E-state index contributed by atoms with van der Waals surface area (Å²) in [6.45, 7) is 1.75. The first-order valence-electron chi connectivity index (χ1n) is 7.36. The molecule has 0 fully saturated rings. The summed E-state index contributed by atoms with van der Waals surface area (Å²) < 4.78 is 4.93. The largest absolute Gasteiger partial charge is 0.459 e. The van der Waals surface area contributed by atoms with Gasteiger partial charge in [0.1, 0.15) is 0 Å². The van der Waals surface area contributed by atoms with E-state index in [1.165, 1.54) is 12.3 Å². The van der Waals surface area contributed by atoms with Crippen LogP contribution in [0.15, 0.2) is 52.2 Å². The van der Waals surface area contributed by atoms with E-state index in [0.29, 0.717) is 0 Å². The van der Waals surface area contributed by atoms with Gasteiger partial charge in [-0.15, -0.1) is 0 Å². The minimum Gasteiger partial charge on any atom is -0.459 e. The topological polar surface area (TPSA) is 99.5 Å². The Kier molecular flexibility index (Phi) is 4.42. The SMILES string of the molecule is Cc1[nH]c2ccccc2c1/C=N\NC(=O)CNC(=O)c1ccco1. The molecule has 7 nitrogen and oxygen atoms in total. The highest BCUT2D eigenvalue weighted by molar-refractivity contribution is 6.01. The first kappa shape index (κ1) is 15.5. The zero-order valence-electron chi connectivity index (χ0n) is 13.0. The van der Waals surface area contributed by atoms with E-state index < -0.39 is 11.8 Å². The summed E-state index contributed by atoms with van der Waals surface area (Å²) in [5, 5.41) is 7.42. The summed E-state index contributed by atoms with van der Waals surface area (Å²) in [5.41, 5.74) is 5.26. The second-order valence-corrected chi connectivity index (χ2v) is 5.16. The van der Waals surface area contributed by atoms with Crippen LogP contribution in [0, 0.1) is 6.92 Å². The number of hydrazone groups is 1. The number of furan rings is 1. The molecule has 122 valence electrons. The molecule has 0 saturated heterocycles. The molecule has 0 aliphatic carbocycles. The second-order valence-electron chi connectivity index (χ2n) is 5.16. The predicted octanol–water partition coefficient (Wildman–Crippen LogP) is 1.95. The normalized spacial score (nSPS) is 11.0. The predicted molar refractivity (Wildman–Crippen MR) is 89.8 cm³/mol. The van der Waals surface area contributed by atoms with E-state index in [9.17, 15) is 9.59 Å². The van der Waals surface area contributed by atoms with Crippen molar-refractivity contribution in [3.8, 4) is 0 Å². The van der Waals surface area contributed by atoms with E-state index in [1.807, 2.05) is 31.2 Å². The summed E-state index contributed by atoms with van der Waals surface area (Å²) in [6, 6.07) is 11.0. The molecule has 0 atom stereocenters. The molecule has 0 aliphatic heterocycles. The number of aryl methyl sites for hydroxylation is 1. The molecule has 0 spiro atoms. The molecule has 3 aromatic rings. The van der Waals surface area contributed by atoms with Gasteiger partial charge in [-0.1, -0.05) is 18.2 Å². The fraction of sp³-hybridized carbons (Fsp3) is 0.118. The highest BCUT2D eigenvalue weighted by Gasteiger charge is 2.10. The summed E-state index contributed by atoms with van der Waals surface area (Å²) in [4.78, 5) is 26.6. The van der Waals surface area contributed by atoms with Crippen molar-refractivity contribution in [3.63, 3.8) is 0 Å². The maximum atomic E-state index is 11.7. The van der Waals surface area contributed by atoms with Gasteiger partial charge in [-0.3, -0.25) is 9.59 Å². The van der Waals surface area contributed by atoms with Crippen molar-refractivity contribution in [2.75, 3.05) is 6.54 Å². The molecule has 3 N–H and O–H groups in total. The number of para-hydroxylation sites is 1. The lowest BCUT2D eigenvalue weighted by molar-refractivity contribution is -0.120. The average Bonchev–Trinajstić information content (AvgIpc) is 3.21. The number of aromatic nitrogens is 1. The molecule has 3 rings (SSSR count). The van der Waals surface area contributed by atoms with Crippen molar-refractivity contribution in [1.29, 1.82) is 0 Å². The molecule has 0 aliphatic rings. The molecule has 7 heteroatoms. The van der Waals surface area contributed by atoms with E-state index in [0.717, 1.165) is 22.2 Å². The first-order valence-corrected chi connectivity index (χ1v) is 7.36. The van der Waals surface area contributed by atoms with Crippen molar-refractivity contribution in [2.45, 2.75) is 6.92 Å². The van der Waals surface area contributed by atoms with Gasteiger partial charge in [-0.2, -0.15) is 5.10 Å². The van der Waals surface area contributed by atoms with Crippen LogP contribution in [0.3, 0.4) is 0 Å². The number of fused-ring (bicyclic) bond motifs is 1. The van der Waals surface area contributed by atoms with Crippen molar-refractivity contribution >= 4 is 28.9 Å². The fourth-order valence-electron chi connectivity index (χ4n) is 2.33. The van der Waals surface area contributed by atoms with Gasteiger partial charge in [0.15, 0.2) is 5.76 Å². The monoisotopic (exact) mass is 324 g/mol. The Bertz CT molecular complexity index is 894. The highest BCUT2D eigenvalue weighted by atomic mass is 16.3. The number of H-pyrrole nitrogens is 1. The summed E-state index contributed by atoms with van der Waals surface area (Å²) in [6.07, 6.45) is 2.98. The maximum absolute atomic E-state index is 11.7. The third-order valence-electron chi connectivity index (χ3n) is 3.48. The van der Waals surface area contributed by atoms with Gasteiger partial charge in [-0.25, -0.2) is 5.43 Å². The summed E-state index contributed by atoms with van der Waals surface area (Å²) in [7, 11) is 0. The van der Waals surface area contributed by atoms with Crippen molar-refractivity contribution in [1.82, 2.24) is 15.7 Å². The molecule has 0 unspecified atom stereocenters. The smallest absolute Gasteiger partial charge is 0.287 e. The van der Waals surface area contributed by atoms with Crippen molar-refractivity contribution < 1.29 is 14.0 Å². The highest BCUT2D eigenvalue weighted by Crippen LogP contribution is 2.19. The van der Waals surface area contributed by atoms with Crippen LogP contribution in [0.25, 0.3) is 10.9 Å². The quantitative estimate of drug-likeness (QED) is 0.494. The van der Waals surface area contributed by atoms with Gasteiger partial charge < -0.3 is 14.7 Å². The van der Waals surface area contributed by atoms with E-state index in [4.69, 9.17) is 4.42 Å². The number of carbonyl (C=O) groups excluding carboxylic acids is 2. The molecule has 0 radical (unpaired) electrons. The van der Waals surface area contributed by atoms with Gasteiger partial charge in [0, 0.05) is 22.2 Å². The molecular formula is C17H16N4O3. The molecule has 2 aromatic heterocycles. The molecular weight excluding hydrogens is 308 g/mol. The number of nitrogens with one attached hydrogen (secondary N) is 3. The van der Waals surface area contributed by atoms with E-state index in [2.05, 4.69) is 20.8 Å². The minimum absolute atomic E-state index is 0.153. The van der Waals surface area contributed by atoms with Crippen LogP contribution in [0.2, 0.25) is 0 Å². The third-order valence-corrected chi connectivity index (χ3v) is 3.48. The Balaban J connectivity index is 1.56. The number of benzene rings is 1. The van der Waals surface area contributed by atoms with E-state index in [-0.39, 0.29) is 12.3 Å². The molecule has 24 heavy (non-hydrogen) atoms. The molecule has 0 saturated carbocycles. The number of rotatable bonds is 5. The van der Waals surface area contributed by atoms with Crippen LogP contribution in [-0.4, -0.2) is 29.6 Å². The lowest BCUT2D eigenvalue weighted by Crippen LogP contribution is -2.34. The zero-order valence-corrected chi connectivity index (χ0v) is 13.0. The van der Waals surface area contributed by atoms with Crippen LogP contribution in [0.1, 0.15) is 21.8 Å². The van der Waals surface area contributed by atoms with Crippen LogP contribution >= 0.6 is 0 Å². The molecule has 2 heterocycles. The zero-order chi connectivity index (χ0) is 16.9. The number of amides is 2. The van der Waals surface area contributed by atoms with Gasteiger partial charge in [0.25, 0.3) is 11.8 Å². The number of hydrogen-bond acceptors (Lipinski definition) is 4. The van der Waals surface area contributed by atoms with Crippen molar-refractivity contribution in [3.05, 3.63) is 59.7 Å². The molecule has 0 bridgehead atoms. The lowest BCUT2D eigenvalue weighted by Gasteiger charge is -2.01. The Labute approximate surface area is 137 Å². The number of carbonyl (C=O) groups is 2. The Hall–Kier alpha value is -3.35. The standard InChI is InChI=1S/C17H16N4O3/c1-11-13(12-5-2-3-6-14(12)20-11)9-19-21-16(22)10-18-17(23)15-7-4-8-24-15/h2-9,20H,10H2,1H3,(H,18,23)(H,21,22)/b19-9-. The Morgan fingerprint density at radius 3 is 2.88 bits per heavy atom. The second kappa shape index (κ2) is 6.82. The Morgan fingerprint density at radius 1 is 1.25 bits per heavy atom. The van der Waals surface area contributed by atoms with E-state index in [1.54, 1.807) is 12.3 Å². The van der Waals surface area contributed by atoms with Crippen molar-refractivity contribution in [2.24, 2.45) is 5.10 Å². The molecule has 1 aromatic carbocycles. The Morgan fingerprint density at radius 2 is 2.08 bits per heavy atom. The number of nitrogens with zero attached hydrogens (tertiary/aromatic N) is 1. The van der Waals surface area contributed by atoms with Crippen LogP contribution in [0.4, 0.5) is 0 Å². The fourth-order valence-corrected chi connectivity index (χ4v) is 2.33. The number of hydrogen-bond donors (Lipinski definition) is 3. The van der Waals surface area contributed by atoms with Gasteiger partial charge in [0.2, 0.25) is 0 Å². The summed E-state index contributed by atoms with van der Waals surface area (Å²) in [5.74, 6) is -0.726. The molecule has 2 amide bonds. The average molecular weight is 324 g/mol. The first-order chi connectivity index (χ1) is 11.6.